The first-order valence-electron chi connectivity index (χ1n) is 10.6. The van der Waals surface area contributed by atoms with Crippen LogP contribution < -0.4 is 4.90 Å². The van der Waals surface area contributed by atoms with E-state index in [2.05, 4.69) is 24.2 Å². The van der Waals surface area contributed by atoms with Crippen molar-refractivity contribution >= 4 is 32.7 Å². The van der Waals surface area contributed by atoms with Crippen LogP contribution in [0.5, 0.6) is 0 Å². The first-order chi connectivity index (χ1) is 14.9. The Morgan fingerprint density at radius 3 is 2.52 bits per heavy atom. The van der Waals surface area contributed by atoms with Crippen LogP contribution in [-0.2, 0) is 14.3 Å². The quantitative estimate of drug-likeness (QED) is 0.620. The number of carbonyl (C=O) groups excluding carboxylic acids is 1. The maximum atomic E-state index is 12.9. The Bertz CT molecular complexity index is 1090. The minimum Gasteiger partial charge on any atom is -0.347 e. The van der Waals surface area contributed by atoms with Crippen LogP contribution in [0, 0.1) is 13.8 Å². The molecule has 2 saturated heterocycles. The fraction of sp³-hybridized carbons (Fsp3) is 0.500. The molecular formula is C22H27N5O3S. The Morgan fingerprint density at radius 2 is 1.84 bits per heavy atom. The van der Waals surface area contributed by atoms with Crippen LogP contribution in [0.15, 0.2) is 24.3 Å². The van der Waals surface area contributed by atoms with Gasteiger partial charge in [0.15, 0.2) is 16.6 Å². The van der Waals surface area contributed by atoms with Gasteiger partial charge in [0.25, 0.3) is 0 Å². The monoisotopic (exact) mass is 441 g/mol. The lowest BCUT2D eigenvalue weighted by atomic mass is 10.0. The first-order valence-corrected chi connectivity index (χ1v) is 11.5. The standard InChI is InChI=1S/C22H27N5O3S/c1-15-4-6-17(7-5-15)27-20-19(16(2)24-27)31-21(23-20)25(3)14-18(28)26-10-8-22(9-11-26)29-12-13-30-22/h4-7H,8-14H2,1-3H3. The lowest BCUT2D eigenvalue weighted by Crippen LogP contribution is -2.49. The summed E-state index contributed by atoms with van der Waals surface area (Å²) in [5.74, 6) is -0.360. The minimum absolute atomic E-state index is 0.103. The number of benzene rings is 1. The molecule has 0 bridgehead atoms. The number of ether oxygens (including phenoxy) is 2. The number of anilines is 1. The van der Waals surface area contributed by atoms with Gasteiger partial charge in [-0.15, -0.1) is 0 Å². The zero-order chi connectivity index (χ0) is 21.6. The van der Waals surface area contributed by atoms with Gasteiger partial charge >= 0.3 is 0 Å². The number of piperidine rings is 1. The molecule has 8 nitrogen and oxygen atoms in total. The molecule has 4 heterocycles. The second-order valence-electron chi connectivity index (χ2n) is 8.33. The molecule has 1 amide bonds. The van der Waals surface area contributed by atoms with Gasteiger partial charge in [-0.3, -0.25) is 4.79 Å². The largest absolute Gasteiger partial charge is 0.347 e. The molecule has 1 spiro atoms. The van der Waals surface area contributed by atoms with Crippen molar-refractivity contribution in [1.29, 1.82) is 0 Å². The van der Waals surface area contributed by atoms with E-state index >= 15 is 0 Å². The van der Waals surface area contributed by atoms with E-state index in [4.69, 9.17) is 14.5 Å². The van der Waals surface area contributed by atoms with E-state index in [1.165, 1.54) is 5.56 Å². The van der Waals surface area contributed by atoms with Crippen molar-refractivity contribution in [2.24, 2.45) is 0 Å². The van der Waals surface area contributed by atoms with Crippen molar-refractivity contribution in [2.45, 2.75) is 32.5 Å². The summed E-state index contributed by atoms with van der Waals surface area (Å²) in [5.41, 5.74) is 3.96. The van der Waals surface area contributed by atoms with Gasteiger partial charge in [-0.05, 0) is 26.0 Å². The summed E-state index contributed by atoms with van der Waals surface area (Å²) in [4.78, 5) is 21.5. The van der Waals surface area contributed by atoms with Gasteiger partial charge in [0.1, 0.15) is 0 Å². The fourth-order valence-electron chi connectivity index (χ4n) is 4.21. The first kappa shape index (κ1) is 20.4. The number of hydrogen-bond donors (Lipinski definition) is 0. The molecule has 0 radical (unpaired) electrons. The van der Waals surface area contributed by atoms with E-state index in [0.29, 0.717) is 32.8 Å². The Balaban J connectivity index is 1.30. The molecule has 1 aromatic carbocycles. The van der Waals surface area contributed by atoms with Gasteiger partial charge in [0.05, 0.1) is 35.8 Å². The molecule has 2 fully saturated rings. The van der Waals surface area contributed by atoms with Crippen LogP contribution in [0.3, 0.4) is 0 Å². The van der Waals surface area contributed by atoms with Gasteiger partial charge < -0.3 is 19.3 Å². The SMILES string of the molecule is Cc1ccc(-n2nc(C)c3sc(N(C)CC(=O)N4CCC5(CC4)OCCO5)nc32)cc1. The van der Waals surface area contributed by atoms with E-state index in [0.717, 1.165) is 39.7 Å². The Morgan fingerprint density at radius 1 is 1.16 bits per heavy atom. The third-order valence-corrected chi connectivity index (χ3v) is 7.31. The number of hydrogen-bond acceptors (Lipinski definition) is 7. The molecule has 2 aliphatic heterocycles. The number of carbonyl (C=O) groups is 1. The fourth-order valence-corrected chi connectivity index (χ4v) is 5.15. The Kier molecular flexibility index (Phi) is 5.19. The smallest absolute Gasteiger partial charge is 0.242 e. The van der Waals surface area contributed by atoms with Crippen LogP contribution in [-0.4, -0.2) is 71.3 Å². The molecule has 5 rings (SSSR count). The number of amides is 1. The number of thiazole rings is 1. The highest BCUT2D eigenvalue weighted by Gasteiger charge is 2.40. The van der Waals surface area contributed by atoms with E-state index in [9.17, 15) is 4.79 Å². The molecule has 2 aliphatic rings. The minimum atomic E-state index is -0.463. The zero-order valence-corrected chi connectivity index (χ0v) is 18.9. The van der Waals surface area contributed by atoms with Crippen molar-refractivity contribution in [1.82, 2.24) is 19.7 Å². The second-order valence-corrected chi connectivity index (χ2v) is 9.30. The number of rotatable bonds is 4. The highest BCUT2D eigenvalue weighted by Crippen LogP contribution is 2.33. The highest BCUT2D eigenvalue weighted by atomic mass is 32.1. The van der Waals surface area contributed by atoms with Gasteiger partial charge in [0.2, 0.25) is 5.91 Å². The predicted octanol–water partition coefficient (Wildman–Crippen LogP) is 2.90. The lowest BCUT2D eigenvalue weighted by Gasteiger charge is -2.38. The van der Waals surface area contributed by atoms with Crippen molar-refractivity contribution in [3.05, 3.63) is 35.5 Å². The number of aromatic nitrogens is 3. The van der Waals surface area contributed by atoms with Crippen LogP contribution in [0.1, 0.15) is 24.1 Å². The molecule has 3 aromatic rings. The average Bonchev–Trinajstić information content (AvgIpc) is 3.47. The van der Waals surface area contributed by atoms with E-state index in [1.54, 1.807) is 11.3 Å². The number of nitrogens with zero attached hydrogens (tertiary/aromatic N) is 5. The van der Waals surface area contributed by atoms with Crippen molar-refractivity contribution in [3.8, 4) is 5.69 Å². The molecule has 2 aromatic heterocycles. The molecule has 0 atom stereocenters. The van der Waals surface area contributed by atoms with Gasteiger partial charge in [-0.1, -0.05) is 29.0 Å². The normalized spacial score (nSPS) is 18.2. The molecule has 0 unspecified atom stereocenters. The van der Waals surface area contributed by atoms with Crippen LogP contribution in [0.25, 0.3) is 16.0 Å². The summed E-state index contributed by atoms with van der Waals surface area (Å²) in [7, 11) is 1.92. The molecule has 0 saturated carbocycles. The highest BCUT2D eigenvalue weighted by molar-refractivity contribution is 7.22. The van der Waals surface area contributed by atoms with Gasteiger partial charge in [-0.2, -0.15) is 10.1 Å². The van der Waals surface area contributed by atoms with Crippen molar-refractivity contribution in [3.63, 3.8) is 0 Å². The molecule has 0 N–H and O–H groups in total. The molecule has 31 heavy (non-hydrogen) atoms. The summed E-state index contributed by atoms with van der Waals surface area (Å²) in [5, 5.41) is 5.49. The lowest BCUT2D eigenvalue weighted by molar-refractivity contribution is -0.187. The van der Waals surface area contributed by atoms with E-state index < -0.39 is 5.79 Å². The summed E-state index contributed by atoms with van der Waals surface area (Å²) >= 11 is 1.58. The number of fused-ring (bicyclic) bond motifs is 1. The maximum Gasteiger partial charge on any atom is 0.242 e. The third-order valence-electron chi connectivity index (χ3n) is 6.05. The molecular weight excluding hydrogens is 414 g/mol. The molecule has 0 aliphatic carbocycles. The third kappa shape index (κ3) is 3.81. The summed E-state index contributed by atoms with van der Waals surface area (Å²) in [6, 6.07) is 8.24. The molecule has 9 heteroatoms. The summed E-state index contributed by atoms with van der Waals surface area (Å²) < 4.78 is 14.5. The van der Waals surface area contributed by atoms with Crippen LogP contribution >= 0.6 is 11.3 Å². The van der Waals surface area contributed by atoms with E-state index in [1.807, 2.05) is 40.6 Å². The topological polar surface area (TPSA) is 72.7 Å². The summed E-state index contributed by atoms with van der Waals surface area (Å²) in [6.45, 7) is 6.97. The molecule has 164 valence electrons. The Hall–Kier alpha value is -2.49. The average molecular weight is 442 g/mol. The van der Waals surface area contributed by atoms with Crippen LogP contribution in [0.4, 0.5) is 5.13 Å². The maximum absolute atomic E-state index is 12.9. The van der Waals surface area contributed by atoms with Crippen LogP contribution in [0.2, 0.25) is 0 Å². The second kappa shape index (κ2) is 7.89. The van der Waals surface area contributed by atoms with E-state index in [-0.39, 0.29) is 5.91 Å². The van der Waals surface area contributed by atoms with Gasteiger partial charge in [0, 0.05) is 33.0 Å². The number of aryl methyl sites for hydroxylation is 2. The Labute approximate surface area is 185 Å². The summed E-state index contributed by atoms with van der Waals surface area (Å²) in [6.07, 6.45) is 1.46. The number of likely N-dealkylation sites (tertiary alicyclic amines) is 1. The zero-order valence-electron chi connectivity index (χ0n) is 18.1. The van der Waals surface area contributed by atoms with Crippen molar-refractivity contribution in [2.75, 3.05) is 44.8 Å². The predicted molar refractivity (Wildman–Crippen MR) is 120 cm³/mol. The van der Waals surface area contributed by atoms with Gasteiger partial charge in [-0.25, -0.2) is 4.68 Å². The van der Waals surface area contributed by atoms with Crippen molar-refractivity contribution < 1.29 is 14.3 Å². The number of likely N-dealkylation sites (N-methyl/N-ethyl adjacent to an activating group) is 1.